The third kappa shape index (κ3) is 4.49. The zero-order valence-electron chi connectivity index (χ0n) is 15.6. The summed E-state index contributed by atoms with van der Waals surface area (Å²) in [4.78, 5) is 0. The molecule has 0 spiro atoms. The zero-order valence-corrected chi connectivity index (χ0v) is 16.6. The fraction of sp³-hybridized carbons (Fsp3) is 0.600. The molecule has 0 aromatic heterocycles. The van der Waals surface area contributed by atoms with Gasteiger partial charge in [-0.25, -0.2) is 0 Å². The van der Waals surface area contributed by atoms with Crippen molar-refractivity contribution in [3.05, 3.63) is 34.9 Å². The van der Waals surface area contributed by atoms with Gasteiger partial charge in [0.25, 0.3) is 9.04 Å². The Bertz CT molecular complexity index is 509. The summed E-state index contributed by atoms with van der Waals surface area (Å²) in [6.07, 6.45) is 6.46. The lowest BCUT2D eigenvalue weighted by Gasteiger charge is -2.30. The van der Waals surface area contributed by atoms with Crippen LogP contribution in [-0.4, -0.2) is 9.04 Å². The molecule has 0 unspecified atom stereocenters. The summed E-state index contributed by atoms with van der Waals surface area (Å²) in [5.74, 6) is 1.18. The Balaban J connectivity index is 3.70. The van der Waals surface area contributed by atoms with Gasteiger partial charge in [-0.3, -0.25) is 0 Å². The van der Waals surface area contributed by atoms with Gasteiger partial charge in [0.2, 0.25) is 0 Å². The maximum absolute atomic E-state index is 6.38. The summed E-state index contributed by atoms with van der Waals surface area (Å²) in [6, 6.07) is 2.32. The van der Waals surface area contributed by atoms with Crippen molar-refractivity contribution in [1.82, 2.24) is 0 Å². The van der Waals surface area contributed by atoms with Crippen molar-refractivity contribution in [1.29, 1.82) is 0 Å². The summed E-state index contributed by atoms with van der Waals surface area (Å²) >= 11 is 0. The minimum Gasteiger partial charge on any atom is -0.542 e. The van der Waals surface area contributed by atoms with Gasteiger partial charge in [-0.1, -0.05) is 60.1 Å². The van der Waals surface area contributed by atoms with E-state index in [0.29, 0.717) is 0 Å². The highest BCUT2D eigenvalue weighted by atomic mass is 28.3. The molecule has 0 bridgehead atoms. The molecular weight excluding hydrogens is 284 g/mol. The molecule has 1 aromatic rings. The minimum atomic E-state index is -0.773. The lowest BCUT2D eigenvalue weighted by molar-refractivity contribution is 0.536. The van der Waals surface area contributed by atoms with Crippen LogP contribution in [-0.2, 0) is 18.3 Å². The van der Waals surface area contributed by atoms with E-state index < -0.39 is 9.04 Å². The van der Waals surface area contributed by atoms with E-state index in [2.05, 4.69) is 60.4 Å². The van der Waals surface area contributed by atoms with Gasteiger partial charge >= 0.3 is 0 Å². The predicted octanol–water partition coefficient (Wildman–Crippen LogP) is 6.16. The standard InChI is InChI=1S/C20H33OSi/c1-9-12-16-14-15(11-3)18(20(4,5)6)17(13-10-2)19(16)21-22(7)8/h11,14H,3,9-10,12-13H2,1-2,4-8H3. The molecule has 1 rings (SSSR count). The second-order valence-corrected chi connectivity index (χ2v) is 9.29. The van der Waals surface area contributed by atoms with Crippen molar-refractivity contribution in [3.8, 4) is 5.75 Å². The van der Waals surface area contributed by atoms with Crippen molar-refractivity contribution < 1.29 is 4.43 Å². The van der Waals surface area contributed by atoms with E-state index in [-0.39, 0.29) is 5.41 Å². The van der Waals surface area contributed by atoms with E-state index in [1.807, 2.05) is 6.08 Å². The van der Waals surface area contributed by atoms with E-state index in [1.54, 1.807) is 0 Å². The summed E-state index contributed by atoms with van der Waals surface area (Å²) in [6.45, 7) is 19.9. The zero-order chi connectivity index (χ0) is 16.9. The van der Waals surface area contributed by atoms with Crippen LogP contribution < -0.4 is 4.43 Å². The number of aryl methyl sites for hydroxylation is 1. The highest BCUT2D eigenvalue weighted by Crippen LogP contribution is 2.39. The summed E-state index contributed by atoms with van der Waals surface area (Å²) in [5.41, 5.74) is 5.59. The fourth-order valence-electron chi connectivity index (χ4n) is 3.13. The van der Waals surface area contributed by atoms with Gasteiger partial charge < -0.3 is 4.43 Å². The van der Waals surface area contributed by atoms with Gasteiger partial charge in [0.05, 0.1) is 0 Å². The molecular formula is C20H33OSi. The van der Waals surface area contributed by atoms with Gasteiger partial charge in [0.15, 0.2) is 0 Å². The van der Waals surface area contributed by atoms with Crippen LogP contribution in [0.4, 0.5) is 0 Å². The molecule has 0 heterocycles. The van der Waals surface area contributed by atoms with E-state index in [0.717, 1.165) is 25.7 Å². The largest absolute Gasteiger partial charge is 0.542 e. The summed E-state index contributed by atoms with van der Waals surface area (Å²) in [5, 5.41) is 0. The van der Waals surface area contributed by atoms with Crippen molar-refractivity contribution in [2.45, 2.75) is 78.8 Å². The number of rotatable bonds is 7. The van der Waals surface area contributed by atoms with Crippen molar-refractivity contribution in [2.24, 2.45) is 0 Å². The molecule has 1 aromatic carbocycles. The Morgan fingerprint density at radius 2 is 1.73 bits per heavy atom. The van der Waals surface area contributed by atoms with Crippen LogP contribution in [0, 0.1) is 0 Å². The quantitative estimate of drug-likeness (QED) is 0.547. The lowest BCUT2D eigenvalue weighted by Crippen LogP contribution is -2.21. The molecule has 0 aliphatic heterocycles. The van der Waals surface area contributed by atoms with Crippen LogP contribution in [0.5, 0.6) is 5.75 Å². The smallest absolute Gasteiger partial charge is 0.274 e. The van der Waals surface area contributed by atoms with E-state index in [4.69, 9.17) is 4.43 Å². The van der Waals surface area contributed by atoms with Gasteiger partial charge in [-0.2, -0.15) is 0 Å². The maximum Gasteiger partial charge on any atom is 0.274 e. The highest BCUT2D eigenvalue weighted by Gasteiger charge is 2.26. The number of hydrogen-bond donors (Lipinski definition) is 0. The van der Waals surface area contributed by atoms with Crippen LogP contribution in [0.25, 0.3) is 6.08 Å². The first-order valence-corrected chi connectivity index (χ1v) is 11.0. The monoisotopic (exact) mass is 317 g/mol. The third-order valence-electron chi connectivity index (χ3n) is 3.78. The minimum absolute atomic E-state index is 0.102. The maximum atomic E-state index is 6.38. The molecule has 1 radical (unpaired) electrons. The Hall–Kier alpha value is -1.02. The molecule has 2 heteroatoms. The molecule has 123 valence electrons. The highest BCUT2D eigenvalue weighted by molar-refractivity contribution is 6.49. The molecule has 0 aliphatic carbocycles. The van der Waals surface area contributed by atoms with Crippen LogP contribution in [0.3, 0.4) is 0 Å². The van der Waals surface area contributed by atoms with Crippen LogP contribution in [0.15, 0.2) is 12.6 Å². The first-order chi connectivity index (χ1) is 10.3. The topological polar surface area (TPSA) is 9.23 Å². The summed E-state index contributed by atoms with van der Waals surface area (Å²) < 4.78 is 6.38. The normalized spacial score (nSPS) is 11.8. The Labute approximate surface area is 139 Å². The van der Waals surface area contributed by atoms with Gasteiger partial charge in [-0.15, -0.1) is 0 Å². The average molecular weight is 318 g/mol. The van der Waals surface area contributed by atoms with Crippen molar-refractivity contribution in [2.75, 3.05) is 0 Å². The van der Waals surface area contributed by atoms with Gasteiger partial charge in [-0.05, 0) is 59.7 Å². The SMILES string of the molecule is C=Cc1cc(CCC)c(O[Si](C)C)c(CCC)c1C(C)(C)C. The van der Waals surface area contributed by atoms with Crippen LogP contribution >= 0.6 is 0 Å². The Kier molecular flexibility index (Phi) is 6.92. The molecule has 0 fully saturated rings. The third-order valence-corrected chi connectivity index (χ3v) is 4.39. The lowest BCUT2D eigenvalue weighted by atomic mass is 9.78. The van der Waals surface area contributed by atoms with Gasteiger partial charge in [0, 0.05) is 0 Å². The van der Waals surface area contributed by atoms with E-state index in [9.17, 15) is 0 Å². The number of benzene rings is 1. The summed E-state index contributed by atoms with van der Waals surface area (Å²) in [7, 11) is -0.773. The molecule has 0 atom stereocenters. The average Bonchev–Trinajstić information content (AvgIpc) is 2.40. The number of hydrogen-bond acceptors (Lipinski definition) is 1. The first kappa shape index (κ1) is 19.0. The van der Waals surface area contributed by atoms with Gasteiger partial charge in [0.1, 0.15) is 5.75 Å². The second-order valence-electron chi connectivity index (χ2n) is 7.27. The molecule has 0 saturated carbocycles. The Morgan fingerprint density at radius 3 is 2.14 bits per heavy atom. The van der Waals surface area contributed by atoms with Crippen molar-refractivity contribution in [3.63, 3.8) is 0 Å². The Morgan fingerprint density at radius 1 is 1.14 bits per heavy atom. The predicted molar refractivity (Wildman–Crippen MR) is 101 cm³/mol. The second kappa shape index (κ2) is 8.01. The molecule has 22 heavy (non-hydrogen) atoms. The van der Waals surface area contributed by atoms with E-state index in [1.165, 1.54) is 28.0 Å². The molecule has 0 N–H and O–H groups in total. The molecule has 0 amide bonds. The van der Waals surface area contributed by atoms with E-state index >= 15 is 0 Å². The van der Waals surface area contributed by atoms with Crippen LogP contribution in [0.2, 0.25) is 13.1 Å². The molecule has 1 nitrogen and oxygen atoms in total. The first-order valence-electron chi connectivity index (χ1n) is 8.55. The van der Waals surface area contributed by atoms with Crippen LogP contribution in [0.1, 0.15) is 69.7 Å². The fourth-order valence-corrected chi connectivity index (χ4v) is 3.79. The molecule has 0 aliphatic rings. The van der Waals surface area contributed by atoms with Crippen molar-refractivity contribution >= 4 is 15.1 Å². The molecule has 0 saturated heterocycles.